The van der Waals surface area contributed by atoms with Gasteiger partial charge < -0.3 is 30.9 Å². The summed E-state index contributed by atoms with van der Waals surface area (Å²) in [6.07, 6.45) is -1.29. The third kappa shape index (κ3) is 5.02. The fourth-order valence-corrected chi connectivity index (χ4v) is 6.13. The summed E-state index contributed by atoms with van der Waals surface area (Å²) in [5.41, 5.74) is 3.32. The zero-order valence-corrected chi connectivity index (χ0v) is 23.6. The molecule has 1 aromatic carbocycles. The van der Waals surface area contributed by atoms with E-state index < -0.39 is 87.0 Å². The molecule has 5 N–H and O–H groups in total. The molecule has 4 rings (SSSR count). The molecule has 0 saturated heterocycles. The molecule has 5 atom stereocenters. The molecule has 2 amide bonds. The number of phenols is 1. The van der Waals surface area contributed by atoms with Crippen molar-refractivity contribution in [1.29, 1.82) is 0 Å². The zero-order valence-electron chi connectivity index (χ0n) is 21.3. The number of phenolic OH excluding ortho intramolecular Hbond substituents is 1. The Balaban J connectivity index is 1.71. The number of ether oxygens (including phenoxy) is 1. The van der Waals surface area contributed by atoms with Gasteiger partial charge in [0.25, 0.3) is 0 Å². The van der Waals surface area contributed by atoms with Crippen LogP contribution in [0.2, 0.25) is 0 Å². The third-order valence-electron chi connectivity index (χ3n) is 7.73. The van der Waals surface area contributed by atoms with Crippen molar-refractivity contribution >= 4 is 75.6 Å². The van der Waals surface area contributed by atoms with E-state index in [0.29, 0.717) is 11.3 Å². The molecule has 3 aliphatic rings. The smallest absolute Gasteiger partial charge is 0.407 e. The molecular formula is C25H26Cl3N3O9. The second-order valence-electron chi connectivity index (χ2n) is 10.4. The predicted molar refractivity (Wildman–Crippen MR) is 141 cm³/mol. The average molecular weight is 619 g/mol. The number of benzene rings is 1. The average Bonchev–Trinajstić information content (AvgIpc) is 2.83. The van der Waals surface area contributed by atoms with Gasteiger partial charge in [0, 0.05) is 44.2 Å². The molecular weight excluding hydrogens is 593 g/mol. The van der Waals surface area contributed by atoms with Crippen LogP contribution in [-0.4, -0.2) is 75.4 Å². The normalized spacial score (nSPS) is 27.9. The van der Waals surface area contributed by atoms with Gasteiger partial charge >= 0.3 is 6.09 Å². The number of primary amides is 1. The van der Waals surface area contributed by atoms with Gasteiger partial charge in [-0.25, -0.2) is 4.79 Å². The van der Waals surface area contributed by atoms with Gasteiger partial charge in [0.15, 0.2) is 34.7 Å². The number of amides is 2. The van der Waals surface area contributed by atoms with Crippen LogP contribution in [0.5, 0.6) is 5.75 Å². The lowest BCUT2D eigenvalue weighted by Crippen LogP contribution is -2.68. The van der Waals surface area contributed by atoms with Gasteiger partial charge in [-0.05, 0) is 30.4 Å². The van der Waals surface area contributed by atoms with Crippen LogP contribution in [0.25, 0.3) is 0 Å². The lowest BCUT2D eigenvalue weighted by atomic mass is 9.53. The Morgan fingerprint density at radius 3 is 2.40 bits per heavy atom. The van der Waals surface area contributed by atoms with Gasteiger partial charge in [-0.15, -0.1) is 0 Å². The summed E-state index contributed by atoms with van der Waals surface area (Å²) in [5, 5.41) is 24.8. The summed E-state index contributed by atoms with van der Waals surface area (Å²) in [4.78, 5) is 78.5. The fourth-order valence-electron chi connectivity index (χ4n) is 5.97. The highest BCUT2D eigenvalue weighted by molar-refractivity contribution is 6.67. The van der Waals surface area contributed by atoms with E-state index in [2.05, 4.69) is 5.32 Å². The van der Waals surface area contributed by atoms with E-state index in [4.69, 9.17) is 45.3 Å². The lowest BCUT2D eigenvalue weighted by molar-refractivity contribution is -0.175. The Morgan fingerprint density at radius 1 is 1.18 bits per heavy atom. The number of ketones is 4. The van der Waals surface area contributed by atoms with Crippen molar-refractivity contribution in [2.45, 2.75) is 35.2 Å². The summed E-state index contributed by atoms with van der Waals surface area (Å²) in [7, 11) is 3.39. The number of nitrogens with zero attached hydrogens (tertiary/aromatic N) is 1. The number of alkyl carbamates (subject to hydrolysis) is 1. The van der Waals surface area contributed by atoms with Crippen LogP contribution in [0.3, 0.4) is 0 Å². The molecule has 2 unspecified atom stereocenters. The third-order valence-corrected chi connectivity index (χ3v) is 8.06. The van der Waals surface area contributed by atoms with Gasteiger partial charge in [-0.1, -0.05) is 34.8 Å². The highest BCUT2D eigenvalue weighted by atomic mass is 35.6. The predicted octanol–water partition coefficient (Wildman–Crippen LogP) is 0.989. The van der Waals surface area contributed by atoms with E-state index in [0.717, 1.165) is 0 Å². The molecule has 15 heteroatoms. The first-order chi connectivity index (χ1) is 18.5. The summed E-state index contributed by atoms with van der Waals surface area (Å²) in [5.74, 6) is -11.2. The van der Waals surface area contributed by atoms with Crippen molar-refractivity contribution in [3.63, 3.8) is 0 Å². The quantitative estimate of drug-likeness (QED) is 0.273. The van der Waals surface area contributed by atoms with Gasteiger partial charge in [0.1, 0.15) is 12.4 Å². The van der Waals surface area contributed by atoms with Crippen LogP contribution >= 0.6 is 34.8 Å². The van der Waals surface area contributed by atoms with Crippen molar-refractivity contribution in [3.05, 3.63) is 22.8 Å². The molecule has 216 valence electrons. The fraction of sp³-hybridized carbons (Fsp3) is 0.520. The first-order valence-electron chi connectivity index (χ1n) is 12.2. The van der Waals surface area contributed by atoms with E-state index in [9.17, 15) is 39.0 Å². The standard InChI is InChI=1S/C25H26Cl3N3O9/c1-31(2)13-5-10(7-30-23(38)40-8-24(26,27)28)18(33)16-12(13)4-9-3-11-6-14(32)17(22(29)37)21(36)25(11,39)20(35)15(9)19(16)34/h5,9,11,15,17,33,39H,3-4,6-8H2,1-2H3,(H2,29,37)(H,30,38)/t9-,11+,15?,17?,25+/m1/s1. The highest BCUT2D eigenvalue weighted by Crippen LogP contribution is 2.51. The second kappa shape index (κ2) is 10.5. The maximum atomic E-state index is 13.8. The van der Waals surface area contributed by atoms with E-state index in [1.165, 1.54) is 0 Å². The lowest BCUT2D eigenvalue weighted by Gasteiger charge is -2.48. The van der Waals surface area contributed by atoms with Crippen LogP contribution < -0.4 is 16.0 Å². The summed E-state index contributed by atoms with van der Waals surface area (Å²) >= 11 is 16.7. The maximum Gasteiger partial charge on any atom is 0.407 e. The highest BCUT2D eigenvalue weighted by Gasteiger charge is 2.66. The molecule has 0 aliphatic heterocycles. The van der Waals surface area contributed by atoms with E-state index in [1.54, 1.807) is 25.1 Å². The largest absolute Gasteiger partial charge is 0.507 e. The molecule has 2 fully saturated rings. The molecule has 0 radical (unpaired) electrons. The number of nitrogens with one attached hydrogen (secondary N) is 1. The molecule has 40 heavy (non-hydrogen) atoms. The van der Waals surface area contributed by atoms with Gasteiger partial charge in [0.2, 0.25) is 9.70 Å². The molecule has 2 saturated carbocycles. The molecule has 0 bridgehead atoms. The number of rotatable bonds is 5. The van der Waals surface area contributed by atoms with Crippen molar-refractivity contribution in [1.82, 2.24) is 5.32 Å². The first kappa shape index (κ1) is 30.0. The number of fused-ring (bicyclic) bond motifs is 3. The monoisotopic (exact) mass is 617 g/mol. The molecule has 3 aliphatic carbocycles. The Hall–Kier alpha value is -2.93. The number of alkyl halides is 3. The minimum absolute atomic E-state index is 0.0208. The van der Waals surface area contributed by atoms with Gasteiger partial charge in [-0.2, -0.15) is 0 Å². The number of aromatic hydroxyl groups is 1. The summed E-state index contributed by atoms with van der Waals surface area (Å²) < 4.78 is 2.96. The van der Waals surface area contributed by atoms with E-state index >= 15 is 0 Å². The van der Waals surface area contributed by atoms with Crippen LogP contribution in [0.4, 0.5) is 10.5 Å². The maximum absolute atomic E-state index is 13.8. The molecule has 0 spiro atoms. The SMILES string of the molecule is CN(C)c1cc(CNC(=O)OCC(Cl)(Cl)Cl)c(O)c2c1C[C@H]1C[C@H]3CC(=O)C(C(N)=O)C(=O)[C@@]3(O)C(=O)C1C2=O. The number of Topliss-reactive ketones (excluding diaryl/α,β-unsaturated/α-hetero) is 4. The molecule has 1 aromatic rings. The number of hydrogen-bond donors (Lipinski definition) is 4. The van der Waals surface area contributed by atoms with Crippen molar-refractivity contribution in [3.8, 4) is 5.75 Å². The van der Waals surface area contributed by atoms with Gasteiger partial charge in [-0.3, -0.25) is 24.0 Å². The topological polar surface area (TPSA) is 193 Å². The van der Waals surface area contributed by atoms with Crippen LogP contribution in [0.1, 0.15) is 34.3 Å². The number of aliphatic hydroxyl groups is 1. The van der Waals surface area contributed by atoms with E-state index in [1.807, 2.05) is 0 Å². The molecule has 0 heterocycles. The Bertz CT molecular complexity index is 1340. The number of halogens is 3. The first-order valence-corrected chi connectivity index (χ1v) is 13.3. The number of carbonyl (C=O) groups excluding carboxylic acids is 6. The number of carbonyl (C=O) groups is 6. The van der Waals surface area contributed by atoms with E-state index in [-0.39, 0.29) is 30.5 Å². The van der Waals surface area contributed by atoms with Crippen LogP contribution in [0.15, 0.2) is 6.07 Å². The van der Waals surface area contributed by atoms with Crippen LogP contribution in [0, 0.1) is 23.7 Å². The van der Waals surface area contributed by atoms with Crippen LogP contribution in [-0.2, 0) is 36.9 Å². The number of anilines is 1. The Labute approximate surface area is 243 Å². The van der Waals surface area contributed by atoms with Crippen molar-refractivity contribution in [2.75, 3.05) is 25.6 Å². The minimum atomic E-state index is -2.74. The second-order valence-corrected chi connectivity index (χ2v) is 13.0. The number of hydrogen-bond acceptors (Lipinski definition) is 10. The summed E-state index contributed by atoms with van der Waals surface area (Å²) in [6.45, 7) is -0.849. The Morgan fingerprint density at radius 2 is 1.82 bits per heavy atom. The molecule has 0 aromatic heterocycles. The zero-order chi connectivity index (χ0) is 29.9. The van der Waals surface area contributed by atoms with Crippen molar-refractivity contribution < 1.29 is 43.7 Å². The molecule has 12 nitrogen and oxygen atoms in total. The Kier molecular flexibility index (Phi) is 7.87. The number of nitrogens with two attached hydrogens (primary N) is 1. The summed E-state index contributed by atoms with van der Waals surface area (Å²) in [6, 6.07) is 1.56. The van der Waals surface area contributed by atoms with Crippen molar-refractivity contribution in [2.24, 2.45) is 29.4 Å². The minimum Gasteiger partial charge on any atom is -0.507 e. The van der Waals surface area contributed by atoms with Gasteiger partial charge in [0.05, 0.1) is 11.5 Å².